The van der Waals surface area contributed by atoms with E-state index in [0.29, 0.717) is 32.8 Å². The van der Waals surface area contributed by atoms with E-state index in [1.807, 2.05) is 6.92 Å². The quantitative estimate of drug-likeness (QED) is 0.665. The van der Waals surface area contributed by atoms with Gasteiger partial charge in [0.25, 0.3) is 10.2 Å². The third-order valence-corrected chi connectivity index (χ3v) is 4.74. The number of ether oxygens (including phenoxy) is 1. The van der Waals surface area contributed by atoms with E-state index in [4.69, 9.17) is 4.74 Å². The average Bonchev–Trinajstić information content (AvgIpc) is 2.31. The van der Waals surface area contributed by atoms with E-state index in [0.717, 1.165) is 13.1 Å². The van der Waals surface area contributed by atoms with Gasteiger partial charge in [-0.05, 0) is 0 Å². The first-order valence-electron chi connectivity index (χ1n) is 5.57. The van der Waals surface area contributed by atoms with Crippen molar-refractivity contribution in [2.45, 2.75) is 6.92 Å². The second-order valence-electron chi connectivity index (χ2n) is 3.64. The highest BCUT2D eigenvalue weighted by molar-refractivity contribution is 7.86. The van der Waals surface area contributed by atoms with Crippen molar-refractivity contribution in [3.63, 3.8) is 0 Å². The standard InChI is InChI=1S/C9H21N3O3S/c1-3-11(8-9-15-2)16(13,14)12-6-4-10-5-7-12/h10H,3-9H2,1-2H3. The van der Waals surface area contributed by atoms with Gasteiger partial charge in [0.15, 0.2) is 0 Å². The van der Waals surface area contributed by atoms with Gasteiger partial charge in [0.2, 0.25) is 0 Å². The van der Waals surface area contributed by atoms with Crippen molar-refractivity contribution in [2.24, 2.45) is 0 Å². The largest absolute Gasteiger partial charge is 0.383 e. The predicted molar refractivity (Wildman–Crippen MR) is 62.5 cm³/mol. The second-order valence-corrected chi connectivity index (χ2v) is 5.57. The molecule has 1 fully saturated rings. The summed E-state index contributed by atoms with van der Waals surface area (Å²) in [5.74, 6) is 0. The molecule has 1 rings (SSSR count). The molecule has 16 heavy (non-hydrogen) atoms. The van der Waals surface area contributed by atoms with E-state index in [1.54, 1.807) is 7.11 Å². The fraction of sp³-hybridized carbons (Fsp3) is 1.00. The Kier molecular flexibility index (Phi) is 5.63. The number of piperazine rings is 1. The first-order valence-corrected chi connectivity index (χ1v) is 6.97. The molecule has 0 saturated carbocycles. The predicted octanol–water partition coefficient (Wildman–Crippen LogP) is -0.895. The summed E-state index contributed by atoms with van der Waals surface area (Å²) < 4.78 is 32.3. The first kappa shape index (κ1) is 13.9. The molecule has 0 aliphatic carbocycles. The van der Waals surface area contributed by atoms with Crippen molar-refractivity contribution in [1.82, 2.24) is 13.9 Å². The smallest absolute Gasteiger partial charge is 0.282 e. The Bertz CT molecular complexity index is 288. The molecule has 1 N–H and O–H groups in total. The number of hydrogen-bond donors (Lipinski definition) is 1. The monoisotopic (exact) mass is 251 g/mol. The van der Waals surface area contributed by atoms with E-state index in [-0.39, 0.29) is 0 Å². The van der Waals surface area contributed by atoms with E-state index >= 15 is 0 Å². The maximum atomic E-state index is 12.2. The zero-order valence-corrected chi connectivity index (χ0v) is 10.8. The lowest BCUT2D eigenvalue weighted by Crippen LogP contribution is -2.52. The van der Waals surface area contributed by atoms with Gasteiger partial charge in [0.05, 0.1) is 6.61 Å². The summed E-state index contributed by atoms with van der Waals surface area (Å²) in [5, 5.41) is 3.14. The Hall–Kier alpha value is -0.210. The molecule has 0 bridgehead atoms. The van der Waals surface area contributed by atoms with Gasteiger partial charge in [-0.2, -0.15) is 17.0 Å². The molecule has 0 atom stereocenters. The van der Waals surface area contributed by atoms with Crippen LogP contribution in [0.2, 0.25) is 0 Å². The molecule has 0 aromatic carbocycles. The summed E-state index contributed by atoms with van der Waals surface area (Å²) in [4.78, 5) is 0. The van der Waals surface area contributed by atoms with Crippen LogP contribution in [0.4, 0.5) is 0 Å². The van der Waals surface area contributed by atoms with Gasteiger partial charge in [-0.1, -0.05) is 6.92 Å². The fourth-order valence-electron chi connectivity index (χ4n) is 1.67. The minimum Gasteiger partial charge on any atom is -0.383 e. The molecule has 96 valence electrons. The van der Waals surface area contributed by atoms with E-state index in [9.17, 15) is 8.42 Å². The zero-order chi connectivity index (χ0) is 12.0. The first-order chi connectivity index (χ1) is 7.62. The molecule has 1 saturated heterocycles. The second kappa shape index (κ2) is 6.51. The molecular weight excluding hydrogens is 230 g/mol. The van der Waals surface area contributed by atoms with Crippen LogP contribution in [0, 0.1) is 0 Å². The van der Waals surface area contributed by atoms with Crippen LogP contribution in [0.1, 0.15) is 6.92 Å². The molecule has 0 unspecified atom stereocenters. The molecule has 1 heterocycles. The topological polar surface area (TPSA) is 61.9 Å². The lowest BCUT2D eigenvalue weighted by Gasteiger charge is -2.31. The van der Waals surface area contributed by atoms with Crippen molar-refractivity contribution >= 4 is 10.2 Å². The Balaban J connectivity index is 2.64. The Morgan fingerprint density at radius 1 is 1.38 bits per heavy atom. The van der Waals surface area contributed by atoms with Crippen LogP contribution in [0.5, 0.6) is 0 Å². The highest BCUT2D eigenvalue weighted by Crippen LogP contribution is 2.08. The molecule has 0 spiro atoms. The van der Waals surface area contributed by atoms with E-state index in [1.165, 1.54) is 8.61 Å². The summed E-state index contributed by atoms with van der Waals surface area (Å²) in [5.41, 5.74) is 0. The Morgan fingerprint density at radius 3 is 2.50 bits per heavy atom. The van der Waals surface area contributed by atoms with Crippen molar-refractivity contribution in [1.29, 1.82) is 0 Å². The number of rotatable bonds is 6. The highest BCUT2D eigenvalue weighted by atomic mass is 32.2. The van der Waals surface area contributed by atoms with Crippen molar-refractivity contribution in [3.8, 4) is 0 Å². The molecule has 0 amide bonds. The maximum absolute atomic E-state index is 12.2. The molecule has 0 aromatic rings. The van der Waals surface area contributed by atoms with E-state index < -0.39 is 10.2 Å². The summed E-state index contributed by atoms with van der Waals surface area (Å²) in [6, 6.07) is 0. The summed E-state index contributed by atoms with van der Waals surface area (Å²) in [6.45, 7) is 5.71. The molecular formula is C9H21N3O3S. The van der Waals surface area contributed by atoms with Crippen molar-refractivity contribution in [3.05, 3.63) is 0 Å². The van der Waals surface area contributed by atoms with Crippen LogP contribution in [-0.2, 0) is 14.9 Å². The number of hydrogen-bond acceptors (Lipinski definition) is 4. The Labute approximate surface area is 97.7 Å². The van der Waals surface area contributed by atoms with Gasteiger partial charge < -0.3 is 10.1 Å². The minimum atomic E-state index is -3.30. The molecule has 7 heteroatoms. The highest BCUT2D eigenvalue weighted by Gasteiger charge is 2.29. The molecule has 0 radical (unpaired) electrons. The van der Waals surface area contributed by atoms with Crippen LogP contribution >= 0.6 is 0 Å². The van der Waals surface area contributed by atoms with Gasteiger partial charge in [0, 0.05) is 46.4 Å². The van der Waals surface area contributed by atoms with Crippen LogP contribution in [0.3, 0.4) is 0 Å². The van der Waals surface area contributed by atoms with Gasteiger partial charge in [0.1, 0.15) is 0 Å². The Morgan fingerprint density at radius 2 is 2.00 bits per heavy atom. The average molecular weight is 251 g/mol. The molecule has 1 aliphatic rings. The van der Waals surface area contributed by atoms with Gasteiger partial charge in [-0.25, -0.2) is 0 Å². The number of nitrogens with one attached hydrogen (secondary N) is 1. The van der Waals surface area contributed by atoms with Gasteiger partial charge >= 0.3 is 0 Å². The maximum Gasteiger partial charge on any atom is 0.282 e. The lowest BCUT2D eigenvalue weighted by molar-refractivity contribution is 0.176. The van der Waals surface area contributed by atoms with Crippen molar-refractivity contribution < 1.29 is 13.2 Å². The zero-order valence-electron chi connectivity index (χ0n) is 9.98. The van der Waals surface area contributed by atoms with Gasteiger partial charge in [-0.15, -0.1) is 0 Å². The number of nitrogens with zero attached hydrogens (tertiary/aromatic N) is 2. The SMILES string of the molecule is CCN(CCOC)S(=O)(=O)N1CCNCC1. The van der Waals surface area contributed by atoms with Crippen LogP contribution < -0.4 is 5.32 Å². The third-order valence-electron chi connectivity index (χ3n) is 2.63. The number of methoxy groups -OCH3 is 1. The van der Waals surface area contributed by atoms with E-state index in [2.05, 4.69) is 5.32 Å². The minimum absolute atomic E-state index is 0.416. The van der Waals surface area contributed by atoms with Crippen LogP contribution in [-0.4, -0.2) is 70.0 Å². The summed E-state index contributed by atoms with van der Waals surface area (Å²) in [6.07, 6.45) is 0. The number of likely N-dealkylation sites (N-methyl/N-ethyl adjacent to an activating group) is 1. The van der Waals surface area contributed by atoms with Crippen molar-refractivity contribution in [2.75, 3.05) is 53.0 Å². The lowest BCUT2D eigenvalue weighted by atomic mass is 10.4. The fourth-order valence-corrected chi connectivity index (χ4v) is 3.27. The summed E-state index contributed by atoms with van der Waals surface area (Å²) in [7, 11) is -1.73. The molecule has 1 aliphatic heterocycles. The molecule has 6 nitrogen and oxygen atoms in total. The van der Waals surface area contributed by atoms with Crippen LogP contribution in [0.25, 0.3) is 0 Å². The van der Waals surface area contributed by atoms with Crippen LogP contribution in [0.15, 0.2) is 0 Å². The summed E-state index contributed by atoms with van der Waals surface area (Å²) >= 11 is 0. The third kappa shape index (κ3) is 3.39. The normalized spacial score (nSPS) is 19.2. The molecule has 0 aromatic heterocycles. The van der Waals surface area contributed by atoms with Gasteiger partial charge in [-0.3, -0.25) is 0 Å².